The predicted octanol–water partition coefficient (Wildman–Crippen LogP) is 2.57. The second-order valence-electron chi connectivity index (χ2n) is 5.63. The maximum Gasteiger partial charge on any atom is 0.229 e. The van der Waals surface area contributed by atoms with Gasteiger partial charge in [0.1, 0.15) is 12.3 Å². The molecule has 1 aliphatic heterocycles. The third-order valence-corrected chi connectivity index (χ3v) is 5.49. The molecular formula is C18H18N2O4S. The van der Waals surface area contributed by atoms with Gasteiger partial charge in [-0.1, -0.05) is 17.7 Å². The molecule has 0 N–H and O–H groups in total. The Bertz CT molecular complexity index is 917. The van der Waals surface area contributed by atoms with E-state index in [4.69, 9.17) is 4.74 Å². The van der Waals surface area contributed by atoms with E-state index in [9.17, 15) is 13.2 Å². The minimum Gasteiger partial charge on any atom is -0.494 e. The standard InChI is InChI=1S/C18H18N2O4S/c1-3-24-15-8-6-14(7-9-15)20-12-17(21)18(19-20)25(22,23)16-10-4-13(2)5-11-16/h4-11H,3,12H2,1-2H3. The highest BCUT2D eigenvalue weighted by atomic mass is 32.2. The number of carbonyl (C=O) groups excluding carboxylic acids is 1. The Balaban J connectivity index is 1.90. The van der Waals surface area contributed by atoms with Gasteiger partial charge in [-0.05, 0) is 50.2 Å². The van der Waals surface area contributed by atoms with Gasteiger partial charge in [-0.15, -0.1) is 0 Å². The van der Waals surface area contributed by atoms with Crippen molar-refractivity contribution in [2.24, 2.45) is 5.10 Å². The molecule has 6 nitrogen and oxygen atoms in total. The van der Waals surface area contributed by atoms with Gasteiger partial charge in [0.2, 0.25) is 20.7 Å². The summed E-state index contributed by atoms with van der Waals surface area (Å²) in [5.41, 5.74) is 1.57. The summed E-state index contributed by atoms with van der Waals surface area (Å²) >= 11 is 0. The number of hydrogen-bond donors (Lipinski definition) is 0. The van der Waals surface area contributed by atoms with Crippen LogP contribution >= 0.6 is 0 Å². The summed E-state index contributed by atoms with van der Waals surface area (Å²) in [5.74, 6) is 0.183. The molecule has 1 aliphatic rings. The highest BCUT2D eigenvalue weighted by molar-refractivity contribution is 8.08. The first kappa shape index (κ1) is 17.2. The number of sulfone groups is 1. The van der Waals surface area contributed by atoms with Crippen molar-refractivity contribution < 1.29 is 17.9 Å². The molecule has 1 heterocycles. The third kappa shape index (κ3) is 3.41. The highest BCUT2D eigenvalue weighted by Gasteiger charge is 2.35. The summed E-state index contributed by atoms with van der Waals surface area (Å²) < 4.78 is 30.7. The Morgan fingerprint density at radius 2 is 1.72 bits per heavy atom. The lowest BCUT2D eigenvalue weighted by Crippen LogP contribution is -2.24. The van der Waals surface area contributed by atoms with E-state index in [-0.39, 0.29) is 11.4 Å². The average molecular weight is 358 g/mol. The maximum atomic E-state index is 12.7. The van der Waals surface area contributed by atoms with E-state index in [2.05, 4.69) is 5.10 Å². The summed E-state index contributed by atoms with van der Waals surface area (Å²) in [6, 6.07) is 13.3. The van der Waals surface area contributed by atoms with Crippen LogP contribution in [0.15, 0.2) is 58.5 Å². The number of Topliss-reactive ketones (excluding diaryl/α,β-unsaturated/α-hetero) is 1. The van der Waals surface area contributed by atoms with Crippen molar-refractivity contribution in [3.63, 3.8) is 0 Å². The van der Waals surface area contributed by atoms with Crippen LogP contribution in [0, 0.1) is 6.92 Å². The quantitative estimate of drug-likeness (QED) is 0.840. The summed E-state index contributed by atoms with van der Waals surface area (Å²) in [5, 5.41) is 5.02. The molecule has 2 aromatic rings. The molecule has 0 aromatic heterocycles. The number of carbonyl (C=O) groups is 1. The Hall–Kier alpha value is -2.67. The smallest absolute Gasteiger partial charge is 0.229 e. The van der Waals surface area contributed by atoms with E-state index in [1.54, 1.807) is 36.4 Å². The molecule has 0 spiro atoms. The Morgan fingerprint density at radius 1 is 1.08 bits per heavy atom. The van der Waals surface area contributed by atoms with E-state index in [0.29, 0.717) is 18.0 Å². The molecule has 0 unspecified atom stereocenters. The molecule has 2 aromatic carbocycles. The summed E-state index contributed by atoms with van der Waals surface area (Å²) in [7, 11) is -3.93. The minimum absolute atomic E-state index is 0.0683. The number of hydrazone groups is 1. The van der Waals surface area contributed by atoms with Crippen molar-refractivity contribution in [3.05, 3.63) is 54.1 Å². The minimum atomic E-state index is -3.93. The number of aryl methyl sites for hydroxylation is 1. The van der Waals surface area contributed by atoms with Gasteiger partial charge in [0.05, 0.1) is 17.2 Å². The first-order valence-corrected chi connectivity index (χ1v) is 9.34. The fraction of sp³-hybridized carbons (Fsp3) is 0.222. The van der Waals surface area contributed by atoms with Gasteiger partial charge in [-0.3, -0.25) is 9.80 Å². The molecule has 130 valence electrons. The number of ether oxygens (including phenoxy) is 1. The maximum absolute atomic E-state index is 12.7. The van der Waals surface area contributed by atoms with E-state index >= 15 is 0 Å². The zero-order valence-corrected chi connectivity index (χ0v) is 14.8. The van der Waals surface area contributed by atoms with E-state index < -0.39 is 20.7 Å². The Morgan fingerprint density at radius 3 is 2.32 bits per heavy atom. The van der Waals surface area contributed by atoms with Crippen LogP contribution in [0.3, 0.4) is 0 Å². The first-order valence-electron chi connectivity index (χ1n) is 7.86. The van der Waals surface area contributed by atoms with Crippen molar-refractivity contribution >= 4 is 26.4 Å². The van der Waals surface area contributed by atoms with Crippen LogP contribution in [-0.2, 0) is 14.6 Å². The zero-order chi connectivity index (χ0) is 18.0. The Labute approximate surface area is 146 Å². The number of benzene rings is 2. The number of anilines is 1. The van der Waals surface area contributed by atoms with E-state index in [0.717, 1.165) is 5.56 Å². The highest BCUT2D eigenvalue weighted by Crippen LogP contribution is 2.24. The van der Waals surface area contributed by atoms with E-state index in [1.165, 1.54) is 17.1 Å². The lowest BCUT2D eigenvalue weighted by Gasteiger charge is -2.13. The topological polar surface area (TPSA) is 76.0 Å². The van der Waals surface area contributed by atoms with Gasteiger partial charge in [-0.2, -0.15) is 5.10 Å². The van der Waals surface area contributed by atoms with Crippen molar-refractivity contribution in [3.8, 4) is 5.75 Å². The third-order valence-electron chi connectivity index (χ3n) is 3.78. The van der Waals surface area contributed by atoms with Crippen LogP contribution in [0.5, 0.6) is 5.75 Å². The lowest BCUT2D eigenvalue weighted by molar-refractivity contribution is -0.111. The molecule has 0 bridgehead atoms. The monoisotopic (exact) mass is 358 g/mol. The molecule has 0 saturated heterocycles. The molecule has 0 radical (unpaired) electrons. The number of hydrogen-bond acceptors (Lipinski definition) is 6. The molecule has 0 amide bonds. The van der Waals surface area contributed by atoms with Crippen LogP contribution < -0.4 is 9.75 Å². The zero-order valence-electron chi connectivity index (χ0n) is 14.0. The van der Waals surface area contributed by atoms with Crippen LogP contribution in [0.4, 0.5) is 5.69 Å². The summed E-state index contributed by atoms with van der Waals surface area (Å²) in [4.78, 5) is 12.3. The fourth-order valence-corrected chi connectivity index (χ4v) is 3.76. The van der Waals surface area contributed by atoms with Gasteiger partial charge < -0.3 is 4.74 Å². The van der Waals surface area contributed by atoms with E-state index in [1.807, 2.05) is 13.8 Å². The second-order valence-corrected chi connectivity index (χ2v) is 7.49. The van der Waals surface area contributed by atoms with Gasteiger partial charge in [-0.25, -0.2) is 8.42 Å². The summed E-state index contributed by atoms with van der Waals surface area (Å²) in [6.45, 7) is 4.20. The van der Waals surface area contributed by atoms with Crippen molar-refractivity contribution in [1.29, 1.82) is 0 Å². The Kier molecular flexibility index (Phi) is 4.59. The van der Waals surface area contributed by atoms with Crippen molar-refractivity contribution in [2.45, 2.75) is 18.7 Å². The number of ketones is 1. The fourth-order valence-electron chi connectivity index (χ4n) is 2.47. The molecule has 0 saturated carbocycles. The van der Waals surface area contributed by atoms with Crippen LogP contribution in [0.25, 0.3) is 0 Å². The summed E-state index contributed by atoms with van der Waals surface area (Å²) in [6.07, 6.45) is 0. The van der Waals surface area contributed by atoms with Crippen molar-refractivity contribution in [1.82, 2.24) is 0 Å². The van der Waals surface area contributed by atoms with Crippen molar-refractivity contribution in [2.75, 3.05) is 18.2 Å². The SMILES string of the molecule is CCOc1ccc(N2CC(=O)C(S(=O)(=O)c3ccc(C)cc3)=N2)cc1. The van der Waals surface area contributed by atoms with Crippen LogP contribution in [0.1, 0.15) is 12.5 Å². The predicted molar refractivity (Wildman–Crippen MR) is 95.8 cm³/mol. The van der Waals surface area contributed by atoms with Crippen LogP contribution in [0.2, 0.25) is 0 Å². The lowest BCUT2D eigenvalue weighted by atomic mass is 10.2. The molecule has 0 fully saturated rings. The molecule has 3 rings (SSSR count). The van der Waals surface area contributed by atoms with Gasteiger partial charge in [0.15, 0.2) is 0 Å². The van der Waals surface area contributed by atoms with Gasteiger partial charge in [0.25, 0.3) is 0 Å². The number of nitrogens with zero attached hydrogens (tertiary/aromatic N) is 2. The molecule has 7 heteroatoms. The molecule has 25 heavy (non-hydrogen) atoms. The van der Waals surface area contributed by atoms with Gasteiger partial charge >= 0.3 is 0 Å². The average Bonchev–Trinajstić information content (AvgIpc) is 2.99. The second kappa shape index (κ2) is 6.68. The molecule has 0 atom stereocenters. The largest absolute Gasteiger partial charge is 0.494 e. The normalized spacial score (nSPS) is 14.6. The van der Waals surface area contributed by atoms with Crippen LogP contribution in [-0.4, -0.2) is 32.4 Å². The van der Waals surface area contributed by atoms with Gasteiger partial charge in [0, 0.05) is 0 Å². The first-order chi connectivity index (χ1) is 11.9. The number of rotatable bonds is 4. The molecular weight excluding hydrogens is 340 g/mol. The molecule has 0 aliphatic carbocycles.